The predicted octanol–water partition coefficient (Wildman–Crippen LogP) is 2.53. The molecule has 1 N–H and O–H groups in total. The third-order valence-electron chi connectivity index (χ3n) is 4.87. The third-order valence-corrected chi connectivity index (χ3v) is 4.87. The number of oxazole rings is 1. The number of β-amino-alcohol motifs (C(OH)–C–C–N with tert-alkyl or cyclic N) is 1. The summed E-state index contributed by atoms with van der Waals surface area (Å²) in [4.78, 5) is 9.21. The van der Waals surface area contributed by atoms with E-state index in [0.717, 1.165) is 49.1 Å². The standard InChI is InChI=1S/C19H27N3O2/c1-14-11-21(13-19-20-15(2)16(3)24-19)9-10-22(14)12-18(23)17-7-5-4-6-8-17/h4-8,14,18,23H,9-13H2,1-3H3/t14-,18-/m0/s1. The van der Waals surface area contributed by atoms with E-state index >= 15 is 0 Å². The van der Waals surface area contributed by atoms with Crippen LogP contribution in [0.15, 0.2) is 34.7 Å². The second-order valence-corrected chi connectivity index (χ2v) is 6.75. The number of nitrogens with zero attached hydrogens (tertiary/aromatic N) is 3. The van der Waals surface area contributed by atoms with Crippen LogP contribution < -0.4 is 0 Å². The molecule has 0 saturated carbocycles. The molecule has 0 bridgehead atoms. The molecule has 3 rings (SSSR count). The summed E-state index contributed by atoms with van der Waals surface area (Å²) in [6, 6.07) is 10.3. The monoisotopic (exact) mass is 329 g/mol. The van der Waals surface area contributed by atoms with E-state index in [-0.39, 0.29) is 0 Å². The Hall–Kier alpha value is -1.69. The van der Waals surface area contributed by atoms with Crippen molar-refractivity contribution in [1.29, 1.82) is 0 Å². The van der Waals surface area contributed by atoms with Crippen LogP contribution in [0.5, 0.6) is 0 Å². The lowest BCUT2D eigenvalue weighted by molar-refractivity contribution is 0.0334. The fourth-order valence-corrected chi connectivity index (χ4v) is 3.29. The van der Waals surface area contributed by atoms with Crippen molar-refractivity contribution in [3.8, 4) is 0 Å². The first-order valence-corrected chi connectivity index (χ1v) is 8.65. The molecule has 1 aliphatic rings. The molecule has 1 aromatic carbocycles. The van der Waals surface area contributed by atoms with Gasteiger partial charge in [-0.2, -0.15) is 0 Å². The van der Waals surface area contributed by atoms with Gasteiger partial charge in [-0.3, -0.25) is 9.80 Å². The van der Waals surface area contributed by atoms with E-state index in [0.29, 0.717) is 12.6 Å². The zero-order valence-electron chi connectivity index (χ0n) is 14.8. The Kier molecular flexibility index (Phi) is 5.33. The number of aryl methyl sites for hydroxylation is 2. The predicted molar refractivity (Wildman–Crippen MR) is 93.7 cm³/mol. The van der Waals surface area contributed by atoms with Gasteiger partial charge >= 0.3 is 0 Å². The molecule has 5 nitrogen and oxygen atoms in total. The van der Waals surface area contributed by atoms with E-state index in [9.17, 15) is 5.11 Å². The highest BCUT2D eigenvalue weighted by Gasteiger charge is 2.26. The Morgan fingerprint density at radius 2 is 2.00 bits per heavy atom. The maximum absolute atomic E-state index is 10.4. The summed E-state index contributed by atoms with van der Waals surface area (Å²) in [6.45, 7) is 10.5. The molecule has 0 radical (unpaired) electrons. The van der Waals surface area contributed by atoms with Gasteiger partial charge in [-0.1, -0.05) is 30.3 Å². The number of hydrogen-bond donors (Lipinski definition) is 1. The highest BCUT2D eigenvalue weighted by molar-refractivity contribution is 5.17. The van der Waals surface area contributed by atoms with E-state index in [1.807, 2.05) is 44.2 Å². The normalized spacial score (nSPS) is 21.1. The summed E-state index contributed by atoms with van der Waals surface area (Å²) in [5.41, 5.74) is 1.96. The molecule has 0 spiro atoms. The molecule has 1 saturated heterocycles. The lowest BCUT2D eigenvalue weighted by Crippen LogP contribution is -2.52. The molecule has 0 aliphatic carbocycles. The van der Waals surface area contributed by atoms with Gasteiger partial charge in [0.25, 0.3) is 0 Å². The largest absolute Gasteiger partial charge is 0.444 e. The number of benzene rings is 1. The van der Waals surface area contributed by atoms with Crippen molar-refractivity contribution >= 4 is 0 Å². The summed E-state index contributed by atoms with van der Waals surface area (Å²) >= 11 is 0. The number of hydrogen-bond acceptors (Lipinski definition) is 5. The minimum absolute atomic E-state index is 0.397. The molecule has 0 amide bonds. The smallest absolute Gasteiger partial charge is 0.208 e. The maximum Gasteiger partial charge on any atom is 0.208 e. The maximum atomic E-state index is 10.4. The van der Waals surface area contributed by atoms with Crippen LogP contribution in [0, 0.1) is 13.8 Å². The Morgan fingerprint density at radius 1 is 1.25 bits per heavy atom. The molecule has 0 unspecified atom stereocenters. The van der Waals surface area contributed by atoms with Gasteiger partial charge in [-0.05, 0) is 26.3 Å². The van der Waals surface area contributed by atoms with E-state index in [1.165, 1.54) is 0 Å². The summed E-state index contributed by atoms with van der Waals surface area (Å²) in [5.74, 6) is 1.71. The van der Waals surface area contributed by atoms with Gasteiger partial charge in [0, 0.05) is 32.2 Å². The fraction of sp³-hybridized carbons (Fsp3) is 0.526. The zero-order chi connectivity index (χ0) is 17.1. The Labute approximate surface area is 143 Å². The first-order valence-electron chi connectivity index (χ1n) is 8.65. The van der Waals surface area contributed by atoms with Gasteiger partial charge < -0.3 is 9.52 Å². The Balaban J connectivity index is 1.53. The van der Waals surface area contributed by atoms with E-state index < -0.39 is 6.10 Å². The number of piperazine rings is 1. The van der Waals surface area contributed by atoms with Gasteiger partial charge in [0.05, 0.1) is 18.3 Å². The van der Waals surface area contributed by atoms with Crippen LogP contribution in [-0.2, 0) is 6.54 Å². The molecule has 2 atom stereocenters. The van der Waals surface area contributed by atoms with Crippen molar-refractivity contribution in [3.05, 3.63) is 53.2 Å². The third kappa shape index (κ3) is 4.04. The molecular formula is C19H27N3O2. The first kappa shape index (κ1) is 17.1. The lowest BCUT2D eigenvalue weighted by atomic mass is 10.1. The number of aliphatic hydroxyl groups excluding tert-OH is 1. The molecule has 1 fully saturated rings. The van der Waals surface area contributed by atoms with Gasteiger partial charge in [0.15, 0.2) is 0 Å². The van der Waals surface area contributed by atoms with Crippen LogP contribution in [0.25, 0.3) is 0 Å². The molecule has 1 aromatic heterocycles. The molecule has 24 heavy (non-hydrogen) atoms. The van der Waals surface area contributed by atoms with Gasteiger partial charge in [-0.25, -0.2) is 4.98 Å². The summed E-state index contributed by atoms with van der Waals surface area (Å²) in [7, 11) is 0. The van der Waals surface area contributed by atoms with Crippen molar-refractivity contribution in [2.24, 2.45) is 0 Å². The zero-order valence-corrected chi connectivity index (χ0v) is 14.8. The lowest BCUT2D eigenvalue weighted by Gasteiger charge is -2.40. The molecule has 130 valence electrons. The van der Waals surface area contributed by atoms with E-state index in [1.54, 1.807) is 0 Å². The first-order chi connectivity index (χ1) is 11.5. The molecular weight excluding hydrogens is 302 g/mol. The van der Waals surface area contributed by atoms with Crippen LogP contribution in [0.3, 0.4) is 0 Å². The van der Waals surface area contributed by atoms with Crippen molar-refractivity contribution in [3.63, 3.8) is 0 Å². The average Bonchev–Trinajstić information content (AvgIpc) is 2.88. The Bertz CT molecular complexity index is 636. The number of aromatic nitrogens is 1. The average molecular weight is 329 g/mol. The summed E-state index contributed by atoms with van der Waals surface area (Å²) in [6.07, 6.45) is -0.433. The molecule has 2 aromatic rings. The van der Waals surface area contributed by atoms with Crippen molar-refractivity contribution in [2.75, 3.05) is 26.2 Å². The van der Waals surface area contributed by atoms with E-state index in [4.69, 9.17) is 4.42 Å². The molecule has 2 heterocycles. The second-order valence-electron chi connectivity index (χ2n) is 6.75. The van der Waals surface area contributed by atoms with E-state index in [2.05, 4.69) is 21.7 Å². The van der Waals surface area contributed by atoms with Gasteiger partial charge in [-0.15, -0.1) is 0 Å². The van der Waals surface area contributed by atoms with Crippen LogP contribution in [0.4, 0.5) is 0 Å². The fourth-order valence-electron chi connectivity index (χ4n) is 3.29. The minimum Gasteiger partial charge on any atom is -0.444 e. The summed E-state index contributed by atoms with van der Waals surface area (Å²) < 4.78 is 5.70. The minimum atomic E-state index is -0.433. The van der Waals surface area contributed by atoms with Crippen molar-refractivity contribution in [2.45, 2.75) is 39.5 Å². The highest BCUT2D eigenvalue weighted by Crippen LogP contribution is 2.19. The Morgan fingerprint density at radius 3 is 2.62 bits per heavy atom. The van der Waals surface area contributed by atoms with Crippen LogP contribution in [-0.4, -0.2) is 52.1 Å². The highest BCUT2D eigenvalue weighted by atomic mass is 16.4. The van der Waals surface area contributed by atoms with Gasteiger partial charge in [0.1, 0.15) is 5.76 Å². The van der Waals surface area contributed by atoms with Crippen LogP contribution in [0.1, 0.15) is 35.9 Å². The molecule has 5 heteroatoms. The number of aliphatic hydroxyl groups is 1. The van der Waals surface area contributed by atoms with Gasteiger partial charge in [0.2, 0.25) is 5.89 Å². The van der Waals surface area contributed by atoms with Crippen molar-refractivity contribution in [1.82, 2.24) is 14.8 Å². The molecule has 1 aliphatic heterocycles. The topological polar surface area (TPSA) is 52.7 Å². The van der Waals surface area contributed by atoms with Crippen LogP contribution >= 0.6 is 0 Å². The number of rotatable bonds is 5. The van der Waals surface area contributed by atoms with Crippen LogP contribution in [0.2, 0.25) is 0 Å². The quantitative estimate of drug-likeness (QED) is 0.913. The SMILES string of the molecule is Cc1nc(CN2CCN(C[C@H](O)c3ccccc3)[C@@H](C)C2)oc1C. The van der Waals surface area contributed by atoms with Crippen molar-refractivity contribution < 1.29 is 9.52 Å². The second kappa shape index (κ2) is 7.47. The summed E-state index contributed by atoms with van der Waals surface area (Å²) in [5, 5.41) is 10.4.